The second kappa shape index (κ2) is 35.8. The average Bonchev–Trinajstić information content (AvgIpc) is 1.53. The highest BCUT2D eigenvalue weighted by Gasteiger charge is 2.31. The van der Waals surface area contributed by atoms with E-state index in [-0.39, 0.29) is 50.3 Å². The minimum atomic E-state index is -4.37. The molecule has 3 atom stereocenters. The standard InChI is InChI=1S/C27H24F3N3O3.C25H22F3NO4.C13H20N2O3.C3H8/c1-33-26(31-17-32-33)24(15-25(34)35-2)20-8-12-23(13-9-20)36-16-18-4-3-5-21(14-18)19-6-10-22(11-7-19)27(28,29)30;1-32-23(30)14-22(24(29)31)18-7-11-21(12-8-18)33-15-16-3-2-4-19(13-16)17-5-9-20(10-6-17)25(26,27)28;1-6-10(7-2)11(8-12(16)18-5)13(17)14-9-15(3)4;1-3-2/h3-14,17,24H,15-16H2,1-2H3;2-13,22H,14-15H2,1H3,(H2,29,31);6-7,9,11H,1,8H2,2-5H3;3H2,1-2H3/b;;10-7+,14-9?;/t24-;22-;11-;/m000./s1. The van der Waals surface area contributed by atoms with Gasteiger partial charge in [-0.2, -0.15) is 31.4 Å². The zero-order chi connectivity index (χ0) is 66.6. The van der Waals surface area contributed by atoms with Crippen LogP contribution in [0.1, 0.15) is 97.5 Å². The van der Waals surface area contributed by atoms with Gasteiger partial charge in [0.2, 0.25) is 5.91 Å². The second-order valence-electron chi connectivity index (χ2n) is 20.2. The molecule has 7 aromatic rings. The summed E-state index contributed by atoms with van der Waals surface area (Å²) in [5.41, 5.74) is 10.8. The van der Waals surface area contributed by atoms with E-state index in [0.29, 0.717) is 39.6 Å². The maximum absolute atomic E-state index is 12.8. The first-order chi connectivity index (χ1) is 42.8. The molecule has 6 aromatic carbocycles. The number of halogens is 6. The third-order valence-corrected chi connectivity index (χ3v) is 13.2. The van der Waals surface area contributed by atoms with Crippen LogP contribution in [0.15, 0.2) is 181 Å². The third kappa shape index (κ3) is 23.3. The molecule has 478 valence electrons. The summed E-state index contributed by atoms with van der Waals surface area (Å²) in [6.07, 6.45) is -1.41. The largest absolute Gasteiger partial charge is 0.489 e. The van der Waals surface area contributed by atoms with Gasteiger partial charge in [-0.25, -0.2) is 9.98 Å². The third-order valence-electron chi connectivity index (χ3n) is 13.2. The molecule has 0 bridgehead atoms. The summed E-state index contributed by atoms with van der Waals surface area (Å²) in [6, 6.07) is 38.9. The summed E-state index contributed by atoms with van der Waals surface area (Å²) in [6.45, 7) is 10.2. The van der Waals surface area contributed by atoms with Gasteiger partial charge in [-0.05, 0) is 118 Å². The first-order valence-electron chi connectivity index (χ1n) is 28.1. The molecular weight excluding hydrogens is 1170 g/mol. The fraction of sp³-hybridized carbons (Fsp3) is 0.294. The van der Waals surface area contributed by atoms with Crippen LogP contribution in [0.2, 0.25) is 0 Å². The Hall–Kier alpha value is -9.86. The minimum Gasteiger partial charge on any atom is -0.489 e. The monoisotopic (exact) mass is 1250 g/mol. The molecule has 0 saturated carbocycles. The van der Waals surface area contributed by atoms with Crippen LogP contribution in [-0.4, -0.2) is 91.1 Å². The van der Waals surface area contributed by atoms with E-state index < -0.39 is 53.2 Å². The molecule has 0 spiro atoms. The number of alkyl halides is 6. The van der Waals surface area contributed by atoms with E-state index in [0.717, 1.165) is 52.1 Å². The molecule has 0 aliphatic heterocycles. The summed E-state index contributed by atoms with van der Waals surface area (Å²) in [5, 5.41) is 4.10. The quantitative estimate of drug-likeness (QED) is 0.0168. The predicted molar refractivity (Wildman–Crippen MR) is 331 cm³/mol. The number of rotatable bonds is 22. The van der Waals surface area contributed by atoms with Gasteiger partial charge in [0.25, 0.3) is 5.91 Å². The van der Waals surface area contributed by atoms with Crippen molar-refractivity contribution < 1.29 is 74.0 Å². The van der Waals surface area contributed by atoms with Crippen molar-refractivity contribution in [2.75, 3.05) is 35.4 Å². The Labute approximate surface area is 520 Å². The van der Waals surface area contributed by atoms with Crippen molar-refractivity contribution in [3.63, 3.8) is 0 Å². The Morgan fingerprint density at radius 3 is 1.44 bits per heavy atom. The summed E-state index contributed by atoms with van der Waals surface area (Å²) < 4.78 is 104. The van der Waals surface area contributed by atoms with E-state index in [4.69, 9.17) is 19.9 Å². The number of carbonyl (C=O) groups excluding carboxylic acids is 5. The molecule has 0 saturated heterocycles. The van der Waals surface area contributed by atoms with Gasteiger partial charge >= 0.3 is 30.3 Å². The highest BCUT2D eigenvalue weighted by Crippen LogP contribution is 2.34. The molecule has 1 aromatic heterocycles. The highest BCUT2D eigenvalue weighted by atomic mass is 19.4. The Balaban J connectivity index is 0.000000297. The van der Waals surface area contributed by atoms with E-state index in [9.17, 15) is 50.3 Å². The molecule has 0 fully saturated rings. The molecule has 0 aliphatic rings. The van der Waals surface area contributed by atoms with Crippen molar-refractivity contribution in [2.45, 2.75) is 83.9 Å². The first-order valence-corrected chi connectivity index (χ1v) is 28.1. The number of carbonyl (C=O) groups is 5. The molecular formula is C68H74F6N6O10. The number of benzene rings is 6. The summed E-state index contributed by atoms with van der Waals surface area (Å²) in [5.74, 6) is -2.29. The van der Waals surface area contributed by atoms with Crippen molar-refractivity contribution in [3.05, 3.63) is 215 Å². The Morgan fingerprint density at radius 2 is 1.07 bits per heavy atom. The van der Waals surface area contributed by atoms with Crippen molar-refractivity contribution in [2.24, 2.45) is 23.7 Å². The van der Waals surface area contributed by atoms with Crippen LogP contribution in [0.4, 0.5) is 26.3 Å². The van der Waals surface area contributed by atoms with Crippen molar-refractivity contribution in [3.8, 4) is 33.8 Å². The van der Waals surface area contributed by atoms with Crippen molar-refractivity contribution >= 4 is 36.1 Å². The van der Waals surface area contributed by atoms with Gasteiger partial charge in [0.05, 0.1) is 75.8 Å². The second-order valence-corrected chi connectivity index (χ2v) is 20.2. The summed E-state index contributed by atoms with van der Waals surface area (Å²) in [4.78, 5) is 68.1. The summed E-state index contributed by atoms with van der Waals surface area (Å²) >= 11 is 0. The number of nitrogens with zero attached hydrogens (tertiary/aromatic N) is 5. The van der Waals surface area contributed by atoms with Gasteiger partial charge in [0.15, 0.2) is 0 Å². The maximum atomic E-state index is 12.8. The van der Waals surface area contributed by atoms with E-state index in [1.165, 1.54) is 64.7 Å². The molecule has 16 nitrogen and oxygen atoms in total. The lowest BCUT2D eigenvalue weighted by Crippen LogP contribution is -2.24. The fourth-order valence-corrected chi connectivity index (χ4v) is 8.49. The molecule has 1 heterocycles. The van der Waals surface area contributed by atoms with Crippen LogP contribution in [0, 0.1) is 5.92 Å². The fourth-order valence-electron chi connectivity index (χ4n) is 8.49. The number of amides is 2. The molecule has 7 rings (SSSR count). The highest BCUT2D eigenvalue weighted by molar-refractivity contribution is 5.91. The number of allylic oxidation sites excluding steroid dienone is 2. The van der Waals surface area contributed by atoms with Crippen molar-refractivity contribution in [1.29, 1.82) is 0 Å². The smallest absolute Gasteiger partial charge is 0.416 e. The Kier molecular flexibility index (Phi) is 28.9. The Bertz CT molecular complexity index is 3490. The van der Waals surface area contributed by atoms with Crippen LogP contribution in [0.25, 0.3) is 22.3 Å². The molecule has 2 amide bonds. The lowest BCUT2D eigenvalue weighted by molar-refractivity contribution is -0.143. The van der Waals surface area contributed by atoms with Crippen LogP contribution >= 0.6 is 0 Å². The topological polar surface area (TPSA) is 204 Å². The van der Waals surface area contributed by atoms with Crippen LogP contribution in [0.5, 0.6) is 11.5 Å². The number of ether oxygens (including phenoxy) is 5. The van der Waals surface area contributed by atoms with E-state index >= 15 is 0 Å². The van der Waals surface area contributed by atoms with Crippen molar-refractivity contribution in [1.82, 2.24) is 19.7 Å². The SMILES string of the molecule is C=C/C(=C\C)[C@H](CC(=O)OC)C(=O)N=CN(C)C.CCC.COC(=O)C[C@@H](c1ccc(OCc2cccc(-c3ccc(C(F)(F)F)cc3)c2)cc1)c1ncnn1C.COC(=O)C[C@H](C(N)=O)c1ccc(OCc2cccc(-c3ccc(C(F)(F)F)cc3)c2)cc1. The van der Waals surface area contributed by atoms with Gasteiger partial charge < -0.3 is 34.3 Å². The van der Waals surface area contributed by atoms with Gasteiger partial charge in [-0.15, -0.1) is 0 Å². The van der Waals surface area contributed by atoms with E-state index in [1.54, 1.807) is 80.1 Å². The van der Waals surface area contributed by atoms with Gasteiger partial charge in [-0.1, -0.05) is 124 Å². The molecule has 0 unspecified atom stereocenters. The predicted octanol–water partition coefficient (Wildman–Crippen LogP) is 13.7. The summed E-state index contributed by atoms with van der Waals surface area (Å²) in [7, 11) is 9.16. The molecule has 2 N–H and O–H groups in total. The zero-order valence-electron chi connectivity index (χ0n) is 51.5. The molecule has 0 radical (unpaired) electrons. The number of esters is 3. The van der Waals surface area contributed by atoms with E-state index in [2.05, 4.69) is 45.0 Å². The first kappa shape index (κ1) is 72.6. The number of aliphatic imine (C=N–C) groups is 1. The molecule has 22 heteroatoms. The van der Waals surface area contributed by atoms with Crippen LogP contribution in [0.3, 0.4) is 0 Å². The van der Waals surface area contributed by atoms with Crippen LogP contribution < -0.4 is 15.2 Å². The number of aryl methyl sites for hydroxylation is 1. The molecule has 0 aliphatic carbocycles. The van der Waals surface area contributed by atoms with Gasteiger partial charge in [0, 0.05) is 21.1 Å². The number of hydrogen-bond donors (Lipinski definition) is 1. The lowest BCUT2D eigenvalue weighted by atomic mass is 9.94. The van der Waals surface area contributed by atoms with Gasteiger partial charge in [0.1, 0.15) is 36.9 Å². The van der Waals surface area contributed by atoms with E-state index in [1.807, 2.05) is 66.7 Å². The lowest BCUT2D eigenvalue weighted by Gasteiger charge is -2.16. The number of nitrogens with two attached hydrogens (primary N) is 1. The number of methoxy groups -OCH3 is 3. The van der Waals surface area contributed by atoms with Gasteiger partial charge in [-0.3, -0.25) is 28.7 Å². The van der Waals surface area contributed by atoms with Crippen LogP contribution in [-0.2, 0) is 70.8 Å². The molecule has 90 heavy (non-hydrogen) atoms. The Morgan fingerprint density at radius 1 is 0.633 bits per heavy atom. The zero-order valence-corrected chi connectivity index (χ0v) is 51.5. The number of primary amides is 1. The number of hydrogen-bond acceptors (Lipinski definition) is 12. The average molecular weight is 1250 g/mol. The number of aromatic nitrogens is 3. The normalized spacial score (nSPS) is 12.2. The maximum Gasteiger partial charge on any atom is 0.416 e. The minimum absolute atomic E-state index is 0.0359.